The van der Waals surface area contributed by atoms with Crippen molar-refractivity contribution < 1.29 is 29.0 Å². The van der Waals surface area contributed by atoms with Crippen molar-refractivity contribution in [1.82, 2.24) is 0 Å². The van der Waals surface area contributed by atoms with Gasteiger partial charge >= 0.3 is 11.9 Å². The molecule has 0 saturated heterocycles. The van der Waals surface area contributed by atoms with Gasteiger partial charge in [0, 0.05) is 12.3 Å². The molecule has 1 aliphatic rings. The van der Waals surface area contributed by atoms with Crippen LogP contribution >= 0.6 is 0 Å². The van der Waals surface area contributed by atoms with Crippen molar-refractivity contribution in [2.75, 3.05) is 0 Å². The Bertz CT molecular complexity index is 767. The lowest BCUT2D eigenvalue weighted by Gasteiger charge is -2.44. The van der Waals surface area contributed by atoms with E-state index in [1.54, 1.807) is 71.9 Å². The number of ether oxygens (including phenoxy) is 2. The zero-order valence-electron chi connectivity index (χ0n) is 18.3. The van der Waals surface area contributed by atoms with Gasteiger partial charge < -0.3 is 14.6 Å². The van der Waals surface area contributed by atoms with Gasteiger partial charge in [0.25, 0.3) is 0 Å². The first-order valence-corrected chi connectivity index (χ1v) is 9.88. The van der Waals surface area contributed by atoms with Crippen LogP contribution in [0.2, 0.25) is 0 Å². The van der Waals surface area contributed by atoms with E-state index in [2.05, 4.69) is 0 Å². The van der Waals surface area contributed by atoms with Crippen molar-refractivity contribution in [3.63, 3.8) is 0 Å². The van der Waals surface area contributed by atoms with Gasteiger partial charge in [0.15, 0.2) is 5.78 Å². The Hall–Kier alpha value is -2.21. The topological polar surface area (TPSA) is 89.9 Å². The van der Waals surface area contributed by atoms with Gasteiger partial charge in [-0.1, -0.05) is 30.3 Å². The maximum absolute atomic E-state index is 13.1. The molecule has 1 fully saturated rings. The first-order valence-electron chi connectivity index (χ1n) is 9.88. The number of esters is 2. The number of hydrogen-bond donors (Lipinski definition) is 1. The number of carbonyl (C=O) groups is 3. The molecule has 0 amide bonds. The van der Waals surface area contributed by atoms with Gasteiger partial charge in [0.1, 0.15) is 17.1 Å². The number of rotatable bonds is 3. The summed E-state index contributed by atoms with van der Waals surface area (Å²) >= 11 is 0. The van der Waals surface area contributed by atoms with E-state index in [-0.39, 0.29) is 6.42 Å². The van der Waals surface area contributed by atoms with Crippen molar-refractivity contribution in [2.45, 2.75) is 77.6 Å². The molecular weight excluding hydrogens is 372 g/mol. The van der Waals surface area contributed by atoms with Crippen molar-refractivity contribution >= 4 is 17.7 Å². The maximum Gasteiger partial charge on any atom is 0.317 e. The Balaban J connectivity index is 2.59. The van der Waals surface area contributed by atoms with Gasteiger partial charge in [0.05, 0.1) is 11.5 Å². The second-order valence-corrected chi connectivity index (χ2v) is 9.96. The zero-order chi connectivity index (χ0) is 22.2. The second kappa shape index (κ2) is 7.90. The molecule has 2 rings (SSSR count). The highest BCUT2D eigenvalue weighted by molar-refractivity contribution is 6.03. The molecule has 0 spiro atoms. The van der Waals surface area contributed by atoms with Crippen LogP contribution in [0.1, 0.15) is 66.4 Å². The molecule has 0 radical (unpaired) electrons. The van der Waals surface area contributed by atoms with E-state index in [1.807, 2.05) is 0 Å². The summed E-state index contributed by atoms with van der Waals surface area (Å²) in [7, 11) is 0. The number of hydrogen-bond acceptors (Lipinski definition) is 6. The highest BCUT2D eigenvalue weighted by atomic mass is 16.6. The standard InChI is InChI=1S/C23H32O6/c1-21(2,3)28-19(25)17-15(24)13-23(7,27)18(20(26)29-22(4,5)6)16(17)14-11-9-8-10-12-14/h8-12,16-18,27H,13H2,1-7H3/t16-,17-,18-,23-/m1/s1. The highest BCUT2D eigenvalue weighted by Crippen LogP contribution is 2.47. The second-order valence-electron chi connectivity index (χ2n) is 9.96. The summed E-state index contributed by atoms with van der Waals surface area (Å²) in [5.74, 6) is -4.97. The number of benzene rings is 1. The Labute approximate surface area is 172 Å². The summed E-state index contributed by atoms with van der Waals surface area (Å²) in [4.78, 5) is 39.1. The molecule has 1 N–H and O–H groups in total. The molecule has 0 aliphatic heterocycles. The molecule has 1 aromatic rings. The molecule has 1 aromatic carbocycles. The van der Waals surface area contributed by atoms with Crippen LogP contribution in [0.3, 0.4) is 0 Å². The first-order chi connectivity index (χ1) is 13.1. The predicted octanol–water partition coefficient (Wildman–Crippen LogP) is 3.41. The highest BCUT2D eigenvalue weighted by Gasteiger charge is 2.57. The zero-order valence-corrected chi connectivity index (χ0v) is 18.3. The summed E-state index contributed by atoms with van der Waals surface area (Å²) in [6.45, 7) is 11.8. The fraction of sp³-hybridized carbons (Fsp3) is 0.609. The average molecular weight is 405 g/mol. The predicted molar refractivity (Wildman–Crippen MR) is 108 cm³/mol. The third-order valence-corrected chi connectivity index (χ3v) is 4.77. The van der Waals surface area contributed by atoms with Gasteiger partial charge in [-0.05, 0) is 54.0 Å². The van der Waals surface area contributed by atoms with Gasteiger partial charge in [0.2, 0.25) is 0 Å². The van der Waals surface area contributed by atoms with Crippen LogP contribution in [0.25, 0.3) is 0 Å². The third kappa shape index (κ3) is 5.66. The third-order valence-electron chi connectivity index (χ3n) is 4.77. The molecule has 0 aromatic heterocycles. The number of carbonyl (C=O) groups excluding carboxylic acids is 3. The van der Waals surface area contributed by atoms with E-state index in [9.17, 15) is 19.5 Å². The lowest BCUT2D eigenvalue weighted by atomic mass is 9.61. The summed E-state index contributed by atoms with van der Waals surface area (Å²) in [5.41, 5.74) is -2.62. The van der Waals surface area contributed by atoms with Crippen molar-refractivity contribution in [2.24, 2.45) is 11.8 Å². The van der Waals surface area contributed by atoms with Crippen LogP contribution in [-0.2, 0) is 23.9 Å². The fourth-order valence-electron chi connectivity index (χ4n) is 3.82. The van der Waals surface area contributed by atoms with E-state index in [0.717, 1.165) is 0 Å². The Kier molecular flexibility index (Phi) is 6.29. The number of Topliss-reactive ketones (excluding diaryl/α,β-unsaturated/α-hetero) is 1. The fourth-order valence-corrected chi connectivity index (χ4v) is 3.82. The Morgan fingerprint density at radius 2 is 1.45 bits per heavy atom. The summed E-state index contributed by atoms with van der Waals surface area (Å²) in [5, 5.41) is 11.1. The smallest absolute Gasteiger partial charge is 0.317 e. The lowest BCUT2D eigenvalue weighted by molar-refractivity contribution is -0.182. The van der Waals surface area contributed by atoms with Crippen LogP contribution in [-0.4, -0.2) is 39.6 Å². The Morgan fingerprint density at radius 3 is 1.93 bits per heavy atom. The molecule has 0 unspecified atom stereocenters. The summed E-state index contributed by atoms with van der Waals surface area (Å²) in [6, 6.07) is 8.82. The minimum absolute atomic E-state index is 0.329. The maximum atomic E-state index is 13.1. The van der Waals surface area contributed by atoms with E-state index in [0.29, 0.717) is 5.56 Å². The van der Waals surface area contributed by atoms with Crippen molar-refractivity contribution in [1.29, 1.82) is 0 Å². The van der Waals surface area contributed by atoms with E-state index in [1.165, 1.54) is 6.92 Å². The number of ketones is 1. The molecule has 4 atom stereocenters. The van der Waals surface area contributed by atoms with Gasteiger partial charge in [-0.25, -0.2) is 0 Å². The molecule has 6 nitrogen and oxygen atoms in total. The quantitative estimate of drug-likeness (QED) is 0.613. The molecule has 1 saturated carbocycles. The van der Waals surface area contributed by atoms with Crippen LogP contribution in [0, 0.1) is 11.8 Å². The molecule has 1 aliphatic carbocycles. The van der Waals surface area contributed by atoms with Crippen molar-refractivity contribution in [3.8, 4) is 0 Å². The minimum atomic E-state index is -1.65. The van der Waals surface area contributed by atoms with E-state index in [4.69, 9.17) is 9.47 Å². The van der Waals surface area contributed by atoms with Gasteiger partial charge in [-0.15, -0.1) is 0 Å². The van der Waals surface area contributed by atoms with Crippen LogP contribution in [0.4, 0.5) is 0 Å². The summed E-state index contributed by atoms with van der Waals surface area (Å²) < 4.78 is 11.1. The minimum Gasteiger partial charge on any atom is -0.460 e. The van der Waals surface area contributed by atoms with Crippen LogP contribution in [0.15, 0.2) is 30.3 Å². The van der Waals surface area contributed by atoms with Crippen LogP contribution < -0.4 is 0 Å². The summed E-state index contributed by atoms with van der Waals surface area (Å²) in [6.07, 6.45) is -0.329. The normalized spacial score (nSPS) is 28.0. The number of aliphatic hydroxyl groups is 1. The molecule has 160 valence electrons. The van der Waals surface area contributed by atoms with E-state index >= 15 is 0 Å². The van der Waals surface area contributed by atoms with Crippen LogP contribution in [0.5, 0.6) is 0 Å². The SMILES string of the molecule is CC(C)(C)OC(=O)[C@@H]1C(=O)C[C@@](C)(O)[C@@H](C(=O)OC(C)(C)C)[C@@H]1c1ccccc1. The molecule has 0 heterocycles. The van der Waals surface area contributed by atoms with Gasteiger partial charge in [-0.3, -0.25) is 14.4 Å². The van der Waals surface area contributed by atoms with Crippen molar-refractivity contribution in [3.05, 3.63) is 35.9 Å². The largest absolute Gasteiger partial charge is 0.460 e. The average Bonchev–Trinajstić information content (AvgIpc) is 2.50. The molecule has 29 heavy (non-hydrogen) atoms. The molecule has 6 heteroatoms. The first kappa shape index (κ1) is 23.1. The van der Waals surface area contributed by atoms with E-state index < -0.39 is 52.3 Å². The monoisotopic (exact) mass is 404 g/mol. The molecular formula is C23H32O6. The Morgan fingerprint density at radius 1 is 0.966 bits per heavy atom. The van der Waals surface area contributed by atoms with Gasteiger partial charge in [-0.2, -0.15) is 0 Å². The molecule has 0 bridgehead atoms. The lowest BCUT2D eigenvalue weighted by Crippen LogP contribution is -2.56.